The van der Waals surface area contributed by atoms with Crippen molar-refractivity contribution in [2.24, 2.45) is 0 Å². The molecule has 0 bridgehead atoms. The summed E-state index contributed by atoms with van der Waals surface area (Å²) in [4.78, 5) is 23.7. The maximum atomic E-state index is 12.2. The summed E-state index contributed by atoms with van der Waals surface area (Å²) in [6, 6.07) is 26.0. The second-order valence-electron chi connectivity index (χ2n) is 7.55. The van der Waals surface area contributed by atoms with E-state index in [-0.39, 0.29) is 13.0 Å². The Morgan fingerprint density at radius 3 is 2.25 bits per heavy atom. The minimum atomic E-state index is -1.12. The number of hydrogen-bond acceptors (Lipinski definition) is 4. The molecule has 6 heteroatoms. The Hall–Kier alpha value is -4.06. The molecule has 1 unspecified atom stereocenters. The molecule has 1 amide bonds. The molecule has 162 valence electrons. The molecule has 0 radical (unpaired) electrons. The molecule has 0 aliphatic heterocycles. The summed E-state index contributed by atoms with van der Waals surface area (Å²) in [6.07, 6.45) is 0.174. The number of alkyl carbamates (subject to hydrolysis) is 1. The van der Waals surface area contributed by atoms with Crippen LogP contribution in [0.4, 0.5) is 4.79 Å². The molecule has 0 aliphatic carbocycles. The van der Waals surface area contributed by atoms with Crippen molar-refractivity contribution in [3.63, 3.8) is 0 Å². The van der Waals surface area contributed by atoms with Crippen LogP contribution in [0.15, 0.2) is 89.3 Å². The zero-order valence-electron chi connectivity index (χ0n) is 17.4. The Morgan fingerprint density at radius 1 is 0.875 bits per heavy atom. The number of nitrogens with one attached hydrogen (secondary N) is 1. The number of benzene rings is 3. The fraction of sp³-hybridized carbons (Fsp3) is 0.154. The number of aliphatic carboxylic acids is 1. The summed E-state index contributed by atoms with van der Waals surface area (Å²) in [5.74, 6) is -0.637. The van der Waals surface area contributed by atoms with Gasteiger partial charge in [-0.05, 0) is 41.3 Å². The highest BCUT2D eigenvalue weighted by Crippen LogP contribution is 2.23. The maximum absolute atomic E-state index is 12.2. The third kappa shape index (κ3) is 5.55. The van der Waals surface area contributed by atoms with Crippen LogP contribution < -0.4 is 5.32 Å². The number of rotatable bonds is 8. The van der Waals surface area contributed by atoms with Crippen molar-refractivity contribution in [3.8, 4) is 0 Å². The van der Waals surface area contributed by atoms with Gasteiger partial charge < -0.3 is 19.6 Å². The van der Waals surface area contributed by atoms with Crippen LogP contribution in [-0.2, 0) is 29.0 Å². The first kappa shape index (κ1) is 21.2. The highest BCUT2D eigenvalue weighted by atomic mass is 16.6. The van der Waals surface area contributed by atoms with Gasteiger partial charge in [-0.1, -0.05) is 66.7 Å². The molecule has 0 spiro atoms. The van der Waals surface area contributed by atoms with E-state index in [4.69, 9.17) is 9.15 Å². The van der Waals surface area contributed by atoms with Crippen LogP contribution in [-0.4, -0.2) is 23.2 Å². The Morgan fingerprint density at radius 2 is 1.56 bits per heavy atom. The number of carboxylic acids is 1. The lowest BCUT2D eigenvalue weighted by molar-refractivity contribution is -0.139. The lowest BCUT2D eigenvalue weighted by Gasteiger charge is -2.14. The van der Waals surface area contributed by atoms with Crippen LogP contribution in [0, 0.1) is 0 Å². The fourth-order valence-electron chi connectivity index (χ4n) is 3.53. The van der Waals surface area contributed by atoms with Gasteiger partial charge in [0.05, 0.1) is 0 Å². The molecule has 6 nitrogen and oxygen atoms in total. The normalized spacial score (nSPS) is 11.8. The van der Waals surface area contributed by atoms with Gasteiger partial charge in [-0.25, -0.2) is 9.59 Å². The van der Waals surface area contributed by atoms with E-state index in [0.29, 0.717) is 11.3 Å². The van der Waals surface area contributed by atoms with Gasteiger partial charge >= 0.3 is 12.1 Å². The molecule has 0 fully saturated rings. The third-order valence-corrected chi connectivity index (χ3v) is 5.10. The predicted molar refractivity (Wildman–Crippen MR) is 120 cm³/mol. The van der Waals surface area contributed by atoms with E-state index < -0.39 is 18.1 Å². The van der Waals surface area contributed by atoms with Gasteiger partial charge in [0, 0.05) is 11.8 Å². The van der Waals surface area contributed by atoms with Crippen LogP contribution >= 0.6 is 0 Å². The lowest BCUT2D eigenvalue weighted by atomic mass is 10.0. The maximum Gasteiger partial charge on any atom is 0.408 e. The SMILES string of the molecule is O=C(NC(Cc1ccccc1)C(=O)O)OCc1cc2cc(Cc3ccccc3)ccc2o1. The van der Waals surface area contributed by atoms with Gasteiger partial charge in [0.15, 0.2) is 6.61 Å². The standard InChI is InChI=1S/C26H23NO5/c28-25(29)23(15-19-9-5-2-6-10-19)27-26(30)31-17-22-16-21-14-20(11-12-24(21)32-22)13-18-7-3-1-4-8-18/h1-12,14,16,23H,13,15,17H2,(H,27,30)(H,28,29). The molecule has 4 rings (SSSR count). The van der Waals surface area contributed by atoms with Crippen LogP contribution in [0.1, 0.15) is 22.5 Å². The van der Waals surface area contributed by atoms with Crippen molar-refractivity contribution in [1.29, 1.82) is 0 Å². The van der Waals surface area contributed by atoms with E-state index in [9.17, 15) is 14.7 Å². The molecule has 1 atom stereocenters. The number of furan rings is 1. The minimum Gasteiger partial charge on any atom is -0.480 e. The van der Waals surface area contributed by atoms with Crippen LogP contribution in [0.5, 0.6) is 0 Å². The summed E-state index contributed by atoms with van der Waals surface area (Å²) in [5, 5.41) is 12.7. The summed E-state index contributed by atoms with van der Waals surface area (Å²) >= 11 is 0. The van der Waals surface area contributed by atoms with E-state index >= 15 is 0 Å². The molecule has 1 aromatic heterocycles. The highest BCUT2D eigenvalue weighted by Gasteiger charge is 2.21. The largest absolute Gasteiger partial charge is 0.480 e. The van der Waals surface area contributed by atoms with Gasteiger partial charge in [-0.3, -0.25) is 0 Å². The summed E-state index contributed by atoms with van der Waals surface area (Å²) in [5.41, 5.74) is 3.89. The van der Waals surface area contributed by atoms with Gasteiger partial charge in [-0.2, -0.15) is 0 Å². The molecule has 0 saturated carbocycles. The number of amides is 1. The van der Waals surface area contributed by atoms with Gasteiger partial charge in [0.1, 0.15) is 17.4 Å². The molecule has 32 heavy (non-hydrogen) atoms. The molecule has 0 saturated heterocycles. The number of ether oxygens (including phenoxy) is 1. The number of fused-ring (bicyclic) bond motifs is 1. The monoisotopic (exact) mass is 429 g/mol. The first-order valence-electron chi connectivity index (χ1n) is 10.3. The van der Waals surface area contributed by atoms with Crippen molar-refractivity contribution in [3.05, 3.63) is 107 Å². The van der Waals surface area contributed by atoms with E-state index in [1.54, 1.807) is 0 Å². The van der Waals surface area contributed by atoms with Gasteiger partial charge in [-0.15, -0.1) is 0 Å². The highest BCUT2D eigenvalue weighted by molar-refractivity contribution is 5.80. The van der Waals surface area contributed by atoms with Crippen LogP contribution in [0.25, 0.3) is 11.0 Å². The molecular formula is C26H23NO5. The molecule has 4 aromatic rings. The Kier molecular flexibility index (Phi) is 6.51. The van der Waals surface area contributed by atoms with Crippen LogP contribution in [0.3, 0.4) is 0 Å². The average Bonchev–Trinajstić information content (AvgIpc) is 3.21. The number of carbonyl (C=O) groups is 2. The van der Waals surface area contributed by atoms with Crippen molar-refractivity contribution in [2.45, 2.75) is 25.5 Å². The molecule has 1 heterocycles. The zero-order chi connectivity index (χ0) is 22.3. The summed E-state index contributed by atoms with van der Waals surface area (Å²) < 4.78 is 10.9. The Balaban J connectivity index is 1.35. The van der Waals surface area contributed by atoms with E-state index in [2.05, 4.69) is 23.5 Å². The Labute approximate surface area is 185 Å². The van der Waals surface area contributed by atoms with Crippen molar-refractivity contribution >= 4 is 23.0 Å². The van der Waals surface area contributed by atoms with Gasteiger partial charge in [0.2, 0.25) is 0 Å². The van der Waals surface area contributed by atoms with E-state index in [1.807, 2.05) is 66.7 Å². The molecule has 3 aromatic carbocycles. The van der Waals surface area contributed by atoms with Crippen molar-refractivity contribution < 1.29 is 23.8 Å². The van der Waals surface area contributed by atoms with E-state index in [0.717, 1.165) is 22.9 Å². The summed E-state index contributed by atoms with van der Waals surface area (Å²) in [7, 11) is 0. The Bertz CT molecular complexity index is 1200. The predicted octanol–water partition coefficient (Wildman–Crippen LogP) is 4.95. The van der Waals surface area contributed by atoms with Crippen molar-refractivity contribution in [2.75, 3.05) is 0 Å². The summed E-state index contributed by atoms with van der Waals surface area (Å²) in [6.45, 7) is -0.0911. The zero-order valence-corrected chi connectivity index (χ0v) is 17.4. The first-order valence-corrected chi connectivity index (χ1v) is 10.3. The van der Waals surface area contributed by atoms with Gasteiger partial charge in [0.25, 0.3) is 0 Å². The number of hydrogen-bond donors (Lipinski definition) is 2. The van der Waals surface area contributed by atoms with E-state index in [1.165, 1.54) is 5.56 Å². The fourth-order valence-corrected chi connectivity index (χ4v) is 3.53. The minimum absolute atomic E-state index is 0.0911. The first-order chi connectivity index (χ1) is 15.6. The molecule has 2 N–H and O–H groups in total. The molecule has 0 aliphatic rings. The number of carbonyl (C=O) groups excluding carboxylic acids is 1. The topological polar surface area (TPSA) is 88.8 Å². The third-order valence-electron chi connectivity index (χ3n) is 5.10. The quantitative estimate of drug-likeness (QED) is 0.414. The second-order valence-corrected chi connectivity index (χ2v) is 7.55. The lowest BCUT2D eigenvalue weighted by Crippen LogP contribution is -2.42. The van der Waals surface area contributed by atoms with Crippen LogP contribution in [0.2, 0.25) is 0 Å². The number of carboxylic acid groups (broad SMARTS) is 1. The smallest absolute Gasteiger partial charge is 0.408 e. The molecular weight excluding hydrogens is 406 g/mol. The average molecular weight is 429 g/mol. The second kappa shape index (κ2) is 9.83. The van der Waals surface area contributed by atoms with Crippen molar-refractivity contribution in [1.82, 2.24) is 5.32 Å².